The molecule has 0 aliphatic heterocycles. The zero-order chi connectivity index (χ0) is 13.3. The van der Waals surface area contributed by atoms with Crippen LogP contribution in [0.3, 0.4) is 0 Å². The van der Waals surface area contributed by atoms with Gasteiger partial charge in [-0.2, -0.15) is 0 Å². The van der Waals surface area contributed by atoms with Gasteiger partial charge in [-0.25, -0.2) is 0 Å². The van der Waals surface area contributed by atoms with Crippen molar-refractivity contribution in [2.24, 2.45) is 0 Å². The summed E-state index contributed by atoms with van der Waals surface area (Å²) >= 11 is 20.0. The van der Waals surface area contributed by atoms with E-state index in [4.69, 9.17) is 27.9 Å². The number of alkyl halides is 1. The number of halogens is 4. The van der Waals surface area contributed by atoms with Gasteiger partial charge in [-0.05, 0) is 67.7 Å². The van der Waals surface area contributed by atoms with Crippen molar-refractivity contribution in [3.8, 4) is 5.75 Å². The highest BCUT2D eigenvalue weighted by Crippen LogP contribution is 2.42. The van der Waals surface area contributed by atoms with Crippen LogP contribution in [0, 0.1) is 2.88 Å². The molecule has 1 aromatic heterocycles. The molecule has 0 N–H and O–H groups in total. The largest absolute Gasteiger partial charge is 0.495 e. The van der Waals surface area contributed by atoms with Crippen LogP contribution in [-0.2, 0) is 0 Å². The van der Waals surface area contributed by atoms with E-state index >= 15 is 0 Å². The SMILES string of the molecule is COc1c(Br)cc(Cl)cc1C(Cl)c1csc(I)c1. The van der Waals surface area contributed by atoms with Crippen LogP contribution in [0.25, 0.3) is 0 Å². The Labute approximate surface area is 142 Å². The summed E-state index contributed by atoms with van der Waals surface area (Å²) in [5.41, 5.74) is 1.92. The Kier molecular flexibility index (Phi) is 5.22. The van der Waals surface area contributed by atoms with Crippen LogP contribution in [-0.4, -0.2) is 7.11 Å². The standard InChI is InChI=1S/C12H8BrCl2IOS/c1-17-12-8(3-7(14)4-9(12)13)11(15)6-2-10(16)18-5-6/h2-5,11H,1H3. The van der Waals surface area contributed by atoms with Crippen molar-refractivity contribution in [3.05, 3.63) is 47.1 Å². The summed E-state index contributed by atoms with van der Waals surface area (Å²) < 4.78 is 7.40. The predicted molar refractivity (Wildman–Crippen MR) is 90.4 cm³/mol. The lowest BCUT2D eigenvalue weighted by Crippen LogP contribution is -1.97. The maximum absolute atomic E-state index is 6.52. The molecule has 0 spiro atoms. The van der Waals surface area contributed by atoms with Gasteiger partial charge < -0.3 is 4.74 Å². The second kappa shape index (κ2) is 6.31. The lowest BCUT2D eigenvalue weighted by Gasteiger charge is -2.15. The van der Waals surface area contributed by atoms with Crippen molar-refractivity contribution in [1.29, 1.82) is 0 Å². The maximum Gasteiger partial charge on any atom is 0.138 e. The van der Waals surface area contributed by atoms with Crippen LogP contribution in [0.2, 0.25) is 5.02 Å². The Morgan fingerprint density at radius 3 is 2.67 bits per heavy atom. The fraction of sp³-hybridized carbons (Fsp3) is 0.167. The van der Waals surface area contributed by atoms with Gasteiger partial charge >= 0.3 is 0 Å². The Bertz CT molecular complexity index is 573. The van der Waals surface area contributed by atoms with Crippen LogP contribution in [0.15, 0.2) is 28.1 Å². The highest BCUT2D eigenvalue weighted by molar-refractivity contribution is 14.1. The summed E-state index contributed by atoms with van der Waals surface area (Å²) in [6, 6.07) is 5.70. The molecule has 96 valence electrons. The average molecular weight is 478 g/mol. The normalized spacial score (nSPS) is 12.5. The van der Waals surface area contributed by atoms with Gasteiger partial charge in [0.25, 0.3) is 0 Å². The van der Waals surface area contributed by atoms with Crippen LogP contribution in [0.1, 0.15) is 16.5 Å². The summed E-state index contributed by atoms with van der Waals surface area (Å²) in [6.45, 7) is 0. The van der Waals surface area contributed by atoms with Gasteiger partial charge in [0.15, 0.2) is 0 Å². The van der Waals surface area contributed by atoms with Gasteiger partial charge in [-0.3, -0.25) is 0 Å². The summed E-state index contributed by atoms with van der Waals surface area (Å²) in [5, 5.41) is 2.41. The lowest BCUT2D eigenvalue weighted by atomic mass is 10.1. The van der Waals surface area contributed by atoms with Gasteiger partial charge in [0.1, 0.15) is 5.75 Å². The van der Waals surface area contributed by atoms with Gasteiger partial charge in [0.2, 0.25) is 0 Å². The third-order valence-electron chi connectivity index (χ3n) is 2.39. The molecule has 0 aliphatic carbocycles. The topological polar surface area (TPSA) is 9.23 Å². The first kappa shape index (κ1) is 14.9. The smallest absolute Gasteiger partial charge is 0.138 e. The van der Waals surface area contributed by atoms with E-state index in [0.29, 0.717) is 5.02 Å². The zero-order valence-corrected chi connectivity index (χ0v) is 15.3. The number of hydrogen-bond acceptors (Lipinski definition) is 2. The highest BCUT2D eigenvalue weighted by Gasteiger charge is 2.19. The molecule has 1 heterocycles. The lowest BCUT2D eigenvalue weighted by molar-refractivity contribution is 0.407. The van der Waals surface area contributed by atoms with Crippen LogP contribution >= 0.6 is 73.1 Å². The maximum atomic E-state index is 6.52. The van der Waals surface area contributed by atoms with Crippen LogP contribution < -0.4 is 4.74 Å². The average Bonchev–Trinajstić information content (AvgIpc) is 2.74. The number of ether oxygens (including phenoxy) is 1. The first-order chi connectivity index (χ1) is 8.52. The Balaban J connectivity index is 2.49. The van der Waals surface area contributed by atoms with Crippen molar-refractivity contribution >= 4 is 73.1 Å². The molecule has 0 fully saturated rings. The molecule has 0 amide bonds. The van der Waals surface area contributed by atoms with Gasteiger partial charge in [0, 0.05) is 10.6 Å². The van der Waals surface area contributed by atoms with Crippen molar-refractivity contribution in [3.63, 3.8) is 0 Å². The van der Waals surface area contributed by atoms with Gasteiger partial charge in [0.05, 0.1) is 19.8 Å². The number of thiophene rings is 1. The molecule has 1 atom stereocenters. The zero-order valence-electron chi connectivity index (χ0n) is 9.22. The minimum Gasteiger partial charge on any atom is -0.495 e. The molecule has 2 aromatic rings. The summed E-state index contributed by atoms with van der Waals surface area (Å²) in [6.07, 6.45) is 0. The van der Waals surface area contributed by atoms with E-state index in [0.717, 1.165) is 21.3 Å². The molecule has 6 heteroatoms. The molecule has 0 radical (unpaired) electrons. The Morgan fingerprint density at radius 1 is 1.39 bits per heavy atom. The monoisotopic (exact) mass is 476 g/mol. The van der Waals surface area contributed by atoms with E-state index in [2.05, 4.69) is 44.6 Å². The number of hydrogen-bond donors (Lipinski definition) is 0. The van der Waals surface area contributed by atoms with E-state index in [9.17, 15) is 0 Å². The van der Waals surface area contributed by atoms with Crippen molar-refractivity contribution in [2.45, 2.75) is 5.38 Å². The molecule has 1 aromatic carbocycles. The summed E-state index contributed by atoms with van der Waals surface area (Å²) in [4.78, 5) is 0. The van der Waals surface area contributed by atoms with Crippen molar-refractivity contribution in [2.75, 3.05) is 7.11 Å². The molecule has 0 bridgehead atoms. The van der Waals surface area contributed by atoms with E-state index in [-0.39, 0.29) is 5.38 Å². The van der Waals surface area contributed by atoms with E-state index in [1.165, 1.54) is 2.88 Å². The first-order valence-corrected chi connectivity index (χ1v) is 8.50. The van der Waals surface area contributed by atoms with E-state index in [1.54, 1.807) is 24.5 Å². The minimum atomic E-state index is -0.269. The molecular formula is C12H8BrCl2IOS. The molecule has 2 rings (SSSR count). The third-order valence-corrected chi connectivity index (χ3v) is 5.50. The molecule has 0 saturated carbocycles. The van der Waals surface area contributed by atoms with Crippen molar-refractivity contribution in [1.82, 2.24) is 0 Å². The Hall–Kier alpha value is 0.510. The predicted octanol–water partition coefficient (Wildman–Crippen LogP) is 6.11. The number of rotatable bonds is 3. The van der Waals surface area contributed by atoms with Crippen LogP contribution in [0.4, 0.5) is 0 Å². The molecule has 0 aliphatic rings. The summed E-state index contributed by atoms with van der Waals surface area (Å²) in [5.74, 6) is 0.723. The van der Waals surface area contributed by atoms with Gasteiger partial charge in [-0.15, -0.1) is 22.9 Å². The molecule has 0 saturated heterocycles. The molecule has 1 nitrogen and oxygen atoms in total. The second-order valence-electron chi connectivity index (χ2n) is 3.56. The summed E-state index contributed by atoms with van der Waals surface area (Å²) in [7, 11) is 1.62. The fourth-order valence-corrected chi connectivity index (χ4v) is 4.38. The van der Waals surface area contributed by atoms with E-state index in [1.807, 2.05) is 11.4 Å². The van der Waals surface area contributed by atoms with E-state index < -0.39 is 0 Å². The quantitative estimate of drug-likeness (QED) is 0.383. The van der Waals surface area contributed by atoms with Gasteiger partial charge in [-0.1, -0.05) is 11.6 Å². The molecule has 1 unspecified atom stereocenters. The minimum absolute atomic E-state index is 0.269. The second-order valence-corrected chi connectivity index (χ2v) is 8.09. The highest BCUT2D eigenvalue weighted by atomic mass is 127. The molecule has 18 heavy (non-hydrogen) atoms. The Morgan fingerprint density at radius 2 is 2.11 bits per heavy atom. The number of benzene rings is 1. The van der Waals surface area contributed by atoms with Crippen LogP contribution in [0.5, 0.6) is 5.75 Å². The fourth-order valence-electron chi connectivity index (χ4n) is 1.62. The number of methoxy groups -OCH3 is 1. The first-order valence-electron chi connectivity index (χ1n) is 4.94. The van der Waals surface area contributed by atoms with Crippen molar-refractivity contribution < 1.29 is 4.74 Å². The third kappa shape index (κ3) is 3.15. The molecular weight excluding hydrogens is 470 g/mol.